The second-order valence-electron chi connectivity index (χ2n) is 6.48. The van der Waals surface area contributed by atoms with Gasteiger partial charge in [-0.25, -0.2) is 8.42 Å². The number of hydrogen-bond donors (Lipinski definition) is 1. The Balaban J connectivity index is 1.73. The van der Waals surface area contributed by atoms with Gasteiger partial charge in [0, 0.05) is 35.6 Å². The van der Waals surface area contributed by atoms with Crippen molar-refractivity contribution in [3.05, 3.63) is 52.8 Å². The van der Waals surface area contributed by atoms with Gasteiger partial charge in [-0.2, -0.15) is 4.31 Å². The maximum Gasteiger partial charge on any atom is 0.257 e. The molecule has 0 radical (unpaired) electrons. The second-order valence-corrected chi connectivity index (χ2v) is 9.33. The van der Waals surface area contributed by atoms with Crippen molar-refractivity contribution in [2.75, 3.05) is 18.4 Å². The van der Waals surface area contributed by atoms with Crippen molar-refractivity contribution in [3.8, 4) is 0 Å². The molecule has 1 saturated heterocycles. The Morgan fingerprint density at radius 1 is 1.27 bits per heavy atom. The van der Waals surface area contributed by atoms with Gasteiger partial charge < -0.3 is 5.32 Å². The van der Waals surface area contributed by atoms with E-state index in [-0.39, 0.29) is 10.8 Å². The topological polar surface area (TPSA) is 79.4 Å². The summed E-state index contributed by atoms with van der Waals surface area (Å²) in [5.41, 5.74) is 0.944. The number of anilines is 1. The summed E-state index contributed by atoms with van der Waals surface area (Å²) in [7, 11) is -3.49. The molecule has 0 unspecified atom stereocenters. The number of benzene rings is 1. The zero-order valence-corrected chi connectivity index (χ0v) is 16.8. The van der Waals surface area contributed by atoms with Gasteiger partial charge in [0.2, 0.25) is 10.0 Å². The molecule has 138 valence electrons. The minimum absolute atomic E-state index is 0.244. The monoisotopic (exact) mass is 437 g/mol. The summed E-state index contributed by atoms with van der Waals surface area (Å²) in [6.07, 6.45) is 5.00. The van der Waals surface area contributed by atoms with E-state index >= 15 is 0 Å². The van der Waals surface area contributed by atoms with E-state index in [0.29, 0.717) is 34.7 Å². The Morgan fingerprint density at radius 2 is 2.00 bits per heavy atom. The Kier molecular flexibility index (Phi) is 5.74. The lowest BCUT2D eigenvalue weighted by Crippen LogP contribution is -2.39. The van der Waals surface area contributed by atoms with Crippen LogP contribution in [0.15, 0.2) is 52.1 Å². The molecule has 1 aromatic carbocycles. The van der Waals surface area contributed by atoms with Gasteiger partial charge in [-0.1, -0.05) is 6.92 Å². The number of rotatable bonds is 4. The zero-order chi connectivity index (χ0) is 18.7. The minimum Gasteiger partial charge on any atom is -0.322 e. The number of carbonyl (C=O) groups is 1. The fourth-order valence-corrected chi connectivity index (χ4v) is 4.93. The van der Waals surface area contributed by atoms with Gasteiger partial charge in [-0.05, 0) is 65.0 Å². The molecular formula is C18H20BrN3O3S. The number of aromatic nitrogens is 1. The third-order valence-electron chi connectivity index (χ3n) is 4.34. The Morgan fingerprint density at radius 3 is 2.65 bits per heavy atom. The first-order valence-corrected chi connectivity index (χ1v) is 10.6. The maximum absolute atomic E-state index is 12.8. The summed E-state index contributed by atoms with van der Waals surface area (Å²) < 4.78 is 27.8. The first kappa shape index (κ1) is 19.0. The summed E-state index contributed by atoms with van der Waals surface area (Å²) in [6.45, 7) is 3.18. The van der Waals surface area contributed by atoms with Crippen molar-refractivity contribution >= 4 is 37.5 Å². The lowest BCUT2D eigenvalue weighted by atomic mass is 10.0. The molecule has 3 rings (SSSR count). The predicted octanol–water partition coefficient (Wildman–Crippen LogP) is 3.52. The molecule has 0 spiro atoms. The van der Waals surface area contributed by atoms with Crippen molar-refractivity contribution in [2.24, 2.45) is 5.92 Å². The van der Waals surface area contributed by atoms with Gasteiger partial charge in [-0.15, -0.1) is 0 Å². The van der Waals surface area contributed by atoms with Crippen LogP contribution in [0.4, 0.5) is 5.69 Å². The summed E-state index contributed by atoms with van der Waals surface area (Å²) in [6, 6.07) is 7.93. The van der Waals surface area contributed by atoms with Crippen LogP contribution >= 0.6 is 15.9 Å². The largest absolute Gasteiger partial charge is 0.322 e. The highest BCUT2D eigenvalue weighted by Crippen LogP contribution is 2.24. The number of carbonyl (C=O) groups excluding carboxylic acids is 1. The molecule has 0 bridgehead atoms. The summed E-state index contributed by atoms with van der Waals surface area (Å²) in [5.74, 6) is 0.0650. The maximum atomic E-state index is 12.8. The van der Waals surface area contributed by atoms with Gasteiger partial charge in [0.25, 0.3) is 5.91 Å². The molecule has 2 aromatic rings. The molecule has 1 aromatic heterocycles. The van der Waals surface area contributed by atoms with Crippen LogP contribution in [0.25, 0.3) is 0 Å². The Bertz CT molecular complexity index is 900. The number of pyridine rings is 1. The average molecular weight is 438 g/mol. The van der Waals surface area contributed by atoms with Crippen molar-refractivity contribution in [1.29, 1.82) is 0 Å². The summed E-state index contributed by atoms with van der Waals surface area (Å²) >= 11 is 3.28. The Labute approximate surface area is 161 Å². The van der Waals surface area contributed by atoms with E-state index in [2.05, 4.69) is 33.2 Å². The van der Waals surface area contributed by atoms with Crippen LogP contribution in [-0.4, -0.2) is 36.7 Å². The molecule has 2 heterocycles. The van der Waals surface area contributed by atoms with Gasteiger partial charge >= 0.3 is 0 Å². The molecule has 1 atom stereocenters. The van der Waals surface area contributed by atoms with Crippen LogP contribution in [-0.2, 0) is 10.0 Å². The third-order valence-corrected chi connectivity index (χ3v) is 6.65. The fraction of sp³-hybridized carbons (Fsp3) is 0.333. The standard InChI is InChI=1S/C18H20BrN3O3S/c1-13-3-2-8-22(12-13)26(24,25)17-6-4-16(5-7-17)21-18(23)14-9-15(19)11-20-10-14/h4-7,9-11,13H,2-3,8,12H2,1H3,(H,21,23)/t13-/m0/s1. The third kappa shape index (κ3) is 4.31. The number of nitrogens with zero attached hydrogens (tertiary/aromatic N) is 2. The highest BCUT2D eigenvalue weighted by molar-refractivity contribution is 9.10. The molecule has 1 N–H and O–H groups in total. The summed E-state index contributed by atoms with van der Waals surface area (Å²) in [4.78, 5) is 16.4. The molecule has 26 heavy (non-hydrogen) atoms. The van der Waals surface area contributed by atoms with E-state index in [1.165, 1.54) is 18.3 Å². The number of amides is 1. The Hall–Kier alpha value is -1.77. The summed E-state index contributed by atoms with van der Waals surface area (Å²) in [5, 5.41) is 2.74. The van der Waals surface area contributed by atoms with Crippen LogP contribution in [0.3, 0.4) is 0 Å². The molecule has 1 fully saturated rings. The van der Waals surface area contributed by atoms with E-state index < -0.39 is 10.0 Å². The molecule has 1 aliphatic heterocycles. The van der Waals surface area contributed by atoms with E-state index in [9.17, 15) is 13.2 Å². The van der Waals surface area contributed by atoms with Crippen molar-refractivity contribution < 1.29 is 13.2 Å². The van der Waals surface area contributed by atoms with Gasteiger partial charge in [0.15, 0.2) is 0 Å². The van der Waals surface area contributed by atoms with Crippen LogP contribution in [0.5, 0.6) is 0 Å². The normalized spacial score (nSPS) is 18.5. The van der Waals surface area contributed by atoms with Crippen LogP contribution in [0.2, 0.25) is 0 Å². The molecule has 8 heteroatoms. The van der Waals surface area contributed by atoms with Crippen molar-refractivity contribution in [3.63, 3.8) is 0 Å². The molecular weight excluding hydrogens is 418 g/mol. The van der Waals surface area contributed by atoms with E-state index in [1.54, 1.807) is 28.7 Å². The van der Waals surface area contributed by atoms with Crippen LogP contribution < -0.4 is 5.32 Å². The van der Waals surface area contributed by atoms with Crippen LogP contribution in [0, 0.1) is 5.92 Å². The predicted molar refractivity (Wildman–Crippen MR) is 103 cm³/mol. The number of hydrogen-bond acceptors (Lipinski definition) is 4. The second kappa shape index (κ2) is 7.85. The van der Waals surface area contributed by atoms with E-state index in [4.69, 9.17) is 0 Å². The van der Waals surface area contributed by atoms with Crippen LogP contribution in [0.1, 0.15) is 30.1 Å². The zero-order valence-electron chi connectivity index (χ0n) is 14.4. The molecule has 0 saturated carbocycles. The molecule has 1 aliphatic rings. The van der Waals surface area contributed by atoms with Crippen molar-refractivity contribution in [2.45, 2.75) is 24.7 Å². The SMILES string of the molecule is C[C@H]1CCCN(S(=O)(=O)c2ccc(NC(=O)c3cncc(Br)c3)cc2)C1. The van der Waals surface area contributed by atoms with Gasteiger partial charge in [0.1, 0.15) is 0 Å². The molecule has 1 amide bonds. The lowest BCUT2D eigenvalue weighted by molar-refractivity contribution is 0.102. The smallest absolute Gasteiger partial charge is 0.257 e. The number of nitrogens with one attached hydrogen (secondary N) is 1. The van der Waals surface area contributed by atoms with Gasteiger partial charge in [-0.3, -0.25) is 9.78 Å². The number of sulfonamides is 1. The quantitative estimate of drug-likeness (QED) is 0.793. The fourth-order valence-electron chi connectivity index (χ4n) is 2.96. The van der Waals surface area contributed by atoms with E-state index in [0.717, 1.165) is 12.8 Å². The molecule has 6 nitrogen and oxygen atoms in total. The van der Waals surface area contributed by atoms with Gasteiger partial charge in [0.05, 0.1) is 10.5 Å². The first-order chi connectivity index (χ1) is 12.4. The van der Waals surface area contributed by atoms with Crippen molar-refractivity contribution in [1.82, 2.24) is 9.29 Å². The molecule has 0 aliphatic carbocycles. The highest BCUT2D eigenvalue weighted by atomic mass is 79.9. The highest BCUT2D eigenvalue weighted by Gasteiger charge is 2.28. The lowest BCUT2D eigenvalue weighted by Gasteiger charge is -2.30. The van der Waals surface area contributed by atoms with E-state index in [1.807, 2.05) is 0 Å². The first-order valence-electron chi connectivity index (χ1n) is 8.38. The number of piperidine rings is 1. The number of halogens is 1. The minimum atomic E-state index is -3.49. The average Bonchev–Trinajstić information content (AvgIpc) is 2.62.